The van der Waals surface area contributed by atoms with Crippen molar-refractivity contribution >= 4 is 17.6 Å². The topological polar surface area (TPSA) is 98.7 Å². The Morgan fingerprint density at radius 2 is 2.15 bits per heavy atom. The lowest BCUT2D eigenvalue weighted by Gasteiger charge is -2.18. The van der Waals surface area contributed by atoms with E-state index in [0.717, 1.165) is 11.3 Å². The number of carbonyl (C=O) groups excluding carboxylic acids is 1. The summed E-state index contributed by atoms with van der Waals surface area (Å²) in [4.78, 5) is 22.8. The van der Waals surface area contributed by atoms with Crippen molar-refractivity contribution in [2.24, 2.45) is 0 Å². The van der Waals surface area contributed by atoms with Crippen LogP contribution in [0.5, 0.6) is 0 Å². The van der Waals surface area contributed by atoms with Crippen molar-refractivity contribution in [2.45, 2.75) is 31.4 Å². The van der Waals surface area contributed by atoms with Gasteiger partial charge in [0.15, 0.2) is 6.04 Å². The van der Waals surface area contributed by atoms with Crippen LogP contribution in [0.2, 0.25) is 0 Å². The second-order valence-electron chi connectivity index (χ2n) is 4.99. The Bertz CT molecular complexity index is 516. The number of para-hydroxylation sites is 1. The van der Waals surface area contributed by atoms with E-state index in [1.54, 1.807) is 0 Å². The molecule has 1 aromatic carbocycles. The number of aliphatic carboxylic acids is 1. The molecule has 3 atom stereocenters. The maximum atomic E-state index is 11.9. The number of carboxylic acids is 1. The molecule has 1 aliphatic rings. The van der Waals surface area contributed by atoms with Crippen LogP contribution >= 0.6 is 0 Å². The molecule has 0 aliphatic carbocycles. The van der Waals surface area contributed by atoms with E-state index >= 15 is 0 Å². The molecule has 4 N–H and O–H groups in total. The van der Waals surface area contributed by atoms with Gasteiger partial charge in [-0.15, -0.1) is 0 Å². The van der Waals surface area contributed by atoms with Crippen LogP contribution in [-0.2, 0) is 9.59 Å². The van der Waals surface area contributed by atoms with Gasteiger partial charge in [0.05, 0.1) is 6.10 Å². The van der Waals surface area contributed by atoms with E-state index in [-0.39, 0.29) is 18.2 Å². The Kier molecular flexibility index (Phi) is 4.24. The van der Waals surface area contributed by atoms with E-state index in [1.165, 1.54) is 6.92 Å². The smallest absolute Gasteiger partial charge is 0.328 e. The molecule has 1 aromatic rings. The van der Waals surface area contributed by atoms with Crippen LogP contribution in [-0.4, -0.2) is 40.8 Å². The van der Waals surface area contributed by atoms with Gasteiger partial charge in [-0.3, -0.25) is 4.79 Å². The third-order valence-corrected chi connectivity index (χ3v) is 3.44. The largest absolute Gasteiger partial charge is 0.480 e. The molecule has 0 aromatic heterocycles. The fraction of sp³-hybridized carbons (Fsp3) is 0.429. The summed E-state index contributed by atoms with van der Waals surface area (Å²) in [5, 5.41) is 23.8. The first-order valence-electron chi connectivity index (χ1n) is 6.52. The van der Waals surface area contributed by atoms with Gasteiger partial charge in [0.2, 0.25) is 5.91 Å². The van der Waals surface area contributed by atoms with E-state index in [1.807, 2.05) is 24.3 Å². The molecule has 0 spiro atoms. The lowest BCUT2D eigenvalue weighted by atomic mass is 9.97. The predicted molar refractivity (Wildman–Crippen MR) is 73.5 cm³/mol. The maximum Gasteiger partial charge on any atom is 0.328 e. The summed E-state index contributed by atoms with van der Waals surface area (Å²) >= 11 is 0. The summed E-state index contributed by atoms with van der Waals surface area (Å²) in [5.41, 5.74) is 2.07. The minimum atomic E-state index is -1.27. The van der Waals surface area contributed by atoms with Gasteiger partial charge >= 0.3 is 5.97 Å². The summed E-state index contributed by atoms with van der Waals surface area (Å²) in [7, 11) is 0. The first-order valence-corrected chi connectivity index (χ1v) is 6.52. The van der Waals surface area contributed by atoms with Gasteiger partial charge in [0.1, 0.15) is 0 Å². The molecule has 0 radical (unpaired) electrons. The van der Waals surface area contributed by atoms with E-state index in [9.17, 15) is 14.7 Å². The number of aliphatic hydroxyl groups is 1. The molecule has 0 saturated carbocycles. The molecule has 1 heterocycles. The zero-order chi connectivity index (χ0) is 14.7. The second-order valence-corrected chi connectivity index (χ2v) is 4.99. The first kappa shape index (κ1) is 14.3. The SMILES string of the molecule is C[C@@H](O)[C@H](NC(=O)CC1CNc2ccccc21)C(=O)O. The maximum absolute atomic E-state index is 11.9. The Morgan fingerprint density at radius 3 is 2.80 bits per heavy atom. The van der Waals surface area contributed by atoms with Crippen molar-refractivity contribution in [3.63, 3.8) is 0 Å². The number of carboxylic acid groups (broad SMARTS) is 1. The highest BCUT2D eigenvalue weighted by Crippen LogP contribution is 2.33. The molecule has 108 valence electrons. The quantitative estimate of drug-likeness (QED) is 0.630. The van der Waals surface area contributed by atoms with Crippen molar-refractivity contribution in [3.8, 4) is 0 Å². The molecule has 0 saturated heterocycles. The highest BCUT2D eigenvalue weighted by atomic mass is 16.4. The summed E-state index contributed by atoms with van der Waals surface area (Å²) in [6, 6.07) is 6.46. The number of aliphatic hydroxyl groups excluding tert-OH is 1. The fourth-order valence-electron chi connectivity index (χ4n) is 2.38. The van der Waals surface area contributed by atoms with Gasteiger partial charge in [-0.05, 0) is 18.6 Å². The van der Waals surface area contributed by atoms with Gasteiger partial charge in [0, 0.05) is 24.6 Å². The van der Waals surface area contributed by atoms with Crippen molar-refractivity contribution in [1.29, 1.82) is 0 Å². The molecule has 0 fully saturated rings. The first-order chi connectivity index (χ1) is 9.49. The molecule has 0 bridgehead atoms. The summed E-state index contributed by atoms with van der Waals surface area (Å²) in [6.45, 7) is 1.99. The van der Waals surface area contributed by atoms with Crippen molar-refractivity contribution < 1.29 is 19.8 Å². The van der Waals surface area contributed by atoms with Crippen LogP contribution in [0.15, 0.2) is 24.3 Å². The monoisotopic (exact) mass is 278 g/mol. The lowest BCUT2D eigenvalue weighted by Crippen LogP contribution is -2.47. The van der Waals surface area contributed by atoms with Crippen LogP contribution in [0.4, 0.5) is 5.69 Å². The van der Waals surface area contributed by atoms with E-state index in [2.05, 4.69) is 10.6 Å². The number of carbonyl (C=O) groups is 2. The highest BCUT2D eigenvalue weighted by Gasteiger charge is 2.28. The summed E-state index contributed by atoms with van der Waals surface area (Å²) in [6.07, 6.45) is -0.939. The third kappa shape index (κ3) is 3.08. The number of fused-ring (bicyclic) bond motifs is 1. The van der Waals surface area contributed by atoms with E-state index in [0.29, 0.717) is 6.54 Å². The Hall–Kier alpha value is -2.08. The minimum Gasteiger partial charge on any atom is -0.480 e. The van der Waals surface area contributed by atoms with Gasteiger partial charge in [-0.2, -0.15) is 0 Å². The molecular formula is C14H18N2O4. The number of hydrogen-bond acceptors (Lipinski definition) is 4. The second kappa shape index (κ2) is 5.92. The molecule has 1 unspecified atom stereocenters. The Labute approximate surface area is 116 Å². The molecule has 20 heavy (non-hydrogen) atoms. The summed E-state index contributed by atoms with van der Waals surface area (Å²) in [5.74, 6) is -1.59. The molecular weight excluding hydrogens is 260 g/mol. The summed E-state index contributed by atoms with van der Waals surface area (Å²) < 4.78 is 0. The molecule has 6 nitrogen and oxygen atoms in total. The predicted octanol–water partition coefficient (Wildman–Crippen LogP) is 0.536. The normalized spacial score (nSPS) is 19.6. The van der Waals surface area contributed by atoms with Crippen LogP contribution in [0.25, 0.3) is 0 Å². The average Bonchev–Trinajstić information content (AvgIpc) is 2.79. The number of hydrogen-bond donors (Lipinski definition) is 4. The number of amides is 1. The van der Waals surface area contributed by atoms with Crippen molar-refractivity contribution in [1.82, 2.24) is 5.32 Å². The molecule has 2 rings (SSSR count). The van der Waals surface area contributed by atoms with Crippen LogP contribution < -0.4 is 10.6 Å². The highest BCUT2D eigenvalue weighted by molar-refractivity contribution is 5.84. The molecule has 1 aliphatic heterocycles. The zero-order valence-corrected chi connectivity index (χ0v) is 11.2. The zero-order valence-electron chi connectivity index (χ0n) is 11.2. The average molecular weight is 278 g/mol. The molecule has 1 amide bonds. The number of anilines is 1. The lowest BCUT2D eigenvalue weighted by molar-refractivity contribution is -0.144. The van der Waals surface area contributed by atoms with E-state index < -0.39 is 18.1 Å². The molecule has 6 heteroatoms. The van der Waals surface area contributed by atoms with Gasteiger partial charge in [0.25, 0.3) is 0 Å². The van der Waals surface area contributed by atoms with E-state index in [4.69, 9.17) is 5.11 Å². The van der Waals surface area contributed by atoms with Crippen LogP contribution in [0.1, 0.15) is 24.8 Å². The Morgan fingerprint density at radius 1 is 1.45 bits per heavy atom. The fourth-order valence-corrected chi connectivity index (χ4v) is 2.38. The van der Waals surface area contributed by atoms with Crippen LogP contribution in [0.3, 0.4) is 0 Å². The van der Waals surface area contributed by atoms with Gasteiger partial charge < -0.3 is 20.8 Å². The standard InChI is InChI=1S/C14H18N2O4/c1-8(17)13(14(19)20)16-12(18)6-9-7-15-11-5-3-2-4-10(9)11/h2-5,8-9,13,15,17H,6-7H2,1H3,(H,16,18)(H,19,20)/t8-,9?,13+/m1/s1. The van der Waals surface area contributed by atoms with Gasteiger partial charge in [-0.25, -0.2) is 4.79 Å². The third-order valence-electron chi connectivity index (χ3n) is 3.44. The van der Waals surface area contributed by atoms with Crippen molar-refractivity contribution in [3.05, 3.63) is 29.8 Å². The Balaban J connectivity index is 1.98. The number of rotatable bonds is 5. The van der Waals surface area contributed by atoms with Crippen LogP contribution in [0, 0.1) is 0 Å². The van der Waals surface area contributed by atoms with Crippen molar-refractivity contribution in [2.75, 3.05) is 11.9 Å². The van der Waals surface area contributed by atoms with Gasteiger partial charge in [-0.1, -0.05) is 18.2 Å². The number of benzene rings is 1. The number of nitrogens with one attached hydrogen (secondary N) is 2. The minimum absolute atomic E-state index is 0.0228.